The van der Waals surface area contributed by atoms with E-state index in [9.17, 15) is 19.2 Å². The maximum Gasteiger partial charge on any atom is 0.357 e. The molecule has 0 aliphatic carbocycles. The van der Waals surface area contributed by atoms with Crippen molar-refractivity contribution in [3.05, 3.63) is 17.1 Å². The lowest BCUT2D eigenvalue weighted by Crippen LogP contribution is -2.71. The molecule has 1 saturated heterocycles. The highest BCUT2D eigenvalue weighted by molar-refractivity contribution is 8.01. The molecule has 18 nitrogen and oxygen atoms in total. The third-order valence-corrected chi connectivity index (χ3v) is 8.92. The quantitative estimate of drug-likeness (QED) is 0.0459. The number of amides is 2. The molecule has 45 heavy (non-hydrogen) atoms. The van der Waals surface area contributed by atoms with Crippen molar-refractivity contribution in [2.45, 2.75) is 43.8 Å². The first kappa shape index (κ1) is 35.9. The van der Waals surface area contributed by atoms with Crippen molar-refractivity contribution in [3.63, 3.8) is 0 Å². The zero-order valence-electron chi connectivity index (χ0n) is 24.6. The number of hydrogen-bond donors (Lipinski definition) is 3. The Bertz CT molecular complexity index is 1480. The molecule has 0 bridgehead atoms. The molecular formula is C23H32ClN11O7S3. The van der Waals surface area contributed by atoms with E-state index in [1.165, 1.54) is 33.1 Å². The Morgan fingerprint density at radius 2 is 2.00 bits per heavy atom. The lowest BCUT2D eigenvalue weighted by atomic mass is 9.98. The first-order chi connectivity index (χ1) is 20.9. The number of fused-ring (bicyclic) bond motifs is 1. The van der Waals surface area contributed by atoms with E-state index in [1.54, 1.807) is 27.8 Å². The molecule has 22 heteroatoms. The van der Waals surface area contributed by atoms with Crippen molar-refractivity contribution in [2.75, 3.05) is 37.2 Å². The van der Waals surface area contributed by atoms with Crippen LogP contribution in [0.3, 0.4) is 0 Å². The van der Waals surface area contributed by atoms with Gasteiger partial charge in [-0.1, -0.05) is 16.9 Å². The van der Waals surface area contributed by atoms with Gasteiger partial charge in [-0.25, -0.2) is 9.48 Å². The predicted molar refractivity (Wildman–Crippen MR) is 166 cm³/mol. The molecule has 2 aromatic rings. The van der Waals surface area contributed by atoms with Gasteiger partial charge in [-0.2, -0.15) is 9.36 Å². The van der Waals surface area contributed by atoms with E-state index in [0.717, 1.165) is 11.5 Å². The number of nitrogen functional groups attached to an aromatic ring is 1. The molecule has 0 radical (unpaired) electrons. The molecule has 2 aromatic heterocycles. The number of nitrogens with two attached hydrogens (primary N) is 2. The average Bonchev–Trinajstić information content (AvgIpc) is 3.60. The Morgan fingerprint density at radius 3 is 2.62 bits per heavy atom. The summed E-state index contributed by atoms with van der Waals surface area (Å²) >= 11 is 3.47. The third-order valence-electron chi connectivity index (χ3n) is 5.94. The van der Waals surface area contributed by atoms with Crippen molar-refractivity contribution < 1.29 is 33.5 Å². The van der Waals surface area contributed by atoms with Crippen molar-refractivity contribution >= 4 is 82.1 Å². The summed E-state index contributed by atoms with van der Waals surface area (Å²) in [5.74, 6) is -2.25. The maximum atomic E-state index is 13.4. The van der Waals surface area contributed by atoms with Crippen LogP contribution < -0.4 is 16.8 Å². The van der Waals surface area contributed by atoms with Gasteiger partial charge in [-0.05, 0) is 49.7 Å². The standard InChI is InChI=1S/C23H31N11O7S3.ClH/c1-23(2,3)20(38)40-10-39-19(37)14-11(9-43-22-28-31-32-33(22)4)8-42-18-13(17(36)34(14)18)26-16(35)12(29-41-7-5-6-24)15-27-21(25)44-30-15;/h13,18H,5-10,24H2,1-4H3,(H,26,35)(H2,25,27,30);1H/b29-12+;/t13?,18-;/m1./s1. The predicted octanol–water partition coefficient (Wildman–Crippen LogP) is -0.329. The minimum Gasteiger partial charge on any atom is -0.427 e. The van der Waals surface area contributed by atoms with Gasteiger partial charge in [-0.3, -0.25) is 19.3 Å². The second-order valence-corrected chi connectivity index (χ2v) is 13.1. The lowest BCUT2D eigenvalue weighted by Gasteiger charge is -2.49. The van der Waals surface area contributed by atoms with Gasteiger partial charge in [0.15, 0.2) is 5.13 Å². The molecule has 0 saturated carbocycles. The Kier molecular flexibility index (Phi) is 12.5. The van der Waals surface area contributed by atoms with Gasteiger partial charge in [0, 0.05) is 30.1 Å². The summed E-state index contributed by atoms with van der Waals surface area (Å²) in [6.07, 6.45) is 0.494. The van der Waals surface area contributed by atoms with Crippen LogP contribution in [0.15, 0.2) is 21.6 Å². The SMILES string of the molecule is Cl.Cn1nnnc1SCC1=C(C(=O)OCOC(=O)C(C)(C)C)N2C(=O)C(NC(=O)/C(=N/OCCCN)c3nsc(N)n3)[C@H]2SC1. The van der Waals surface area contributed by atoms with Gasteiger partial charge in [-0.15, -0.1) is 29.3 Å². The van der Waals surface area contributed by atoms with Crippen LogP contribution >= 0.6 is 47.5 Å². The van der Waals surface area contributed by atoms with Crippen LogP contribution in [-0.4, -0.2) is 107 Å². The van der Waals surface area contributed by atoms with Gasteiger partial charge in [0.2, 0.25) is 23.5 Å². The molecule has 2 atom stereocenters. The summed E-state index contributed by atoms with van der Waals surface area (Å²) in [4.78, 5) is 62.6. The summed E-state index contributed by atoms with van der Waals surface area (Å²) in [6, 6.07) is -1.02. The lowest BCUT2D eigenvalue weighted by molar-refractivity contribution is -0.173. The number of ether oxygens (including phenoxy) is 2. The number of nitrogens with zero attached hydrogens (tertiary/aromatic N) is 8. The molecule has 0 aromatic carbocycles. The van der Waals surface area contributed by atoms with E-state index in [-0.39, 0.29) is 47.1 Å². The number of tetrazole rings is 1. The Morgan fingerprint density at radius 1 is 1.24 bits per heavy atom. The third kappa shape index (κ3) is 8.60. The molecule has 4 heterocycles. The summed E-state index contributed by atoms with van der Waals surface area (Å²) in [5, 5.41) is 17.8. The van der Waals surface area contributed by atoms with E-state index in [0.29, 0.717) is 29.4 Å². The van der Waals surface area contributed by atoms with Crippen LogP contribution in [0.25, 0.3) is 0 Å². The van der Waals surface area contributed by atoms with Crippen molar-refractivity contribution in [2.24, 2.45) is 23.4 Å². The van der Waals surface area contributed by atoms with E-state index in [2.05, 4.69) is 35.4 Å². The Balaban J connectivity index is 0.00000552. The number of anilines is 1. The number of aromatic nitrogens is 6. The second-order valence-electron chi connectivity index (χ2n) is 10.3. The molecule has 2 aliphatic rings. The number of nitrogens with one attached hydrogen (secondary N) is 1. The fourth-order valence-corrected chi connectivity index (χ4v) is 6.45. The van der Waals surface area contributed by atoms with E-state index in [1.807, 2.05) is 0 Å². The first-order valence-corrected chi connectivity index (χ1v) is 15.9. The first-order valence-electron chi connectivity index (χ1n) is 13.1. The number of hydrogen-bond acceptors (Lipinski definition) is 18. The largest absolute Gasteiger partial charge is 0.427 e. The van der Waals surface area contributed by atoms with Crippen LogP contribution in [0, 0.1) is 5.41 Å². The Hall–Kier alpha value is -3.53. The molecule has 1 unspecified atom stereocenters. The van der Waals surface area contributed by atoms with Crippen LogP contribution in [0.1, 0.15) is 33.0 Å². The number of oxime groups is 1. The van der Waals surface area contributed by atoms with Gasteiger partial charge < -0.3 is 31.1 Å². The van der Waals surface area contributed by atoms with Crippen molar-refractivity contribution in [1.82, 2.24) is 39.8 Å². The zero-order chi connectivity index (χ0) is 32.0. The number of rotatable bonds is 13. The fourth-order valence-electron chi connectivity index (χ4n) is 3.68. The average molecular weight is 706 g/mol. The molecule has 246 valence electrons. The maximum absolute atomic E-state index is 13.4. The van der Waals surface area contributed by atoms with Gasteiger partial charge >= 0.3 is 11.9 Å². The summed E-state index contributed by atoms with van der Waals surface area (Å²) in [6.45, 7) is 4.85. The van der Waals surface area contributed by atoms with Crippen LogP contribution in [-0.2, 0) is 40.5 Å². The molecule has 5 N–H and O–H groups in total. The van der Waals surface area contributed by atoms with E-state index in [4.69, 9.17) is 25.8 Å². The van der Waals surface area contributed by atoms with Gasteiger partial charge in [0.1, 0.15) is 23.7 Å². The molecule has 2 aliphatic heterocycles. The smallest absolute Gasteiger partial charge is 0.357 e. The van der Waals surface area contributed by atoms with E-state index < -0.39 is 47.4 Å². The monoisotopic (exact) mass is 705 g/mol. The topological polar surface area (TPSA) is 245 Å². The molecule has 1 fully saturated rings. The van der Waals surface area contributed by atoms with Gasteiger partial charge in [0.05, 0.1) is 5.41 Å². The van der Waals surface area contributed by atoms with Crippen LogP contribution in [0.5, 0.6) is 0 Å². The normalized spacial score (nSPS) is 18.0. The second kappa shape index (κ2) is 15.7. The number of carbonyl (C=O) groups excluding carboxylic acids is 4. The van der Waals surface area contributed by atoms with E-state index >= 15 is 0 Å². The zero-order valence-corrected chi connectivity index (χ0v) is 27.9. The highest BCUT2D eigenvalue weighted by atomic mass is 35.5. The van der Waals surface area contributed by atoms with Crippen LogP contribution in [0.2, 0.25) is 0 Å². The summed E-state index contributed by atoms with van der Waals surface area (Å²) in [5.41, 5.74) is 10.6. The number of thioether (sulfide) groups is 2. The van der Waals surface area contributed by atoms with Crippen LogP contribution in [0.4, 0.5) is 5.13 Å². The minimum atomic E-state index is -1.02. The van der Waals surface area contributed by atoms with Gasteiger partial charge in [0.25, 0.3) is 11.8 Å². The fraction of sp³-hybridized carbons (Fsp3) is 0.565. The Labute approximate surface area is 276 Å². The number of esters is 2. The number of aryl methyl sites for hydroxylation is 1. The molecular weight excluding hydrogens is 674 g/mol. The molecule has 0 spiro atoms. The summed E-state index contributed by atoms with van der Waals surface area (Å²) in [7, 11) is 1.67. The number of carbonyl (C=O) groups is 4. The number of halogens is 1. The van der Waals surface area contributed by atoms with Crippen molar-refractivity contribution in [3.8, 4) is 0 Å². The number of β-lactam (4-membered cyclic amide) rings is 1. The van der Waals surface area contributed by atoms with Crippen molar-refractivity contribution in [1.29, 1.82) is 0 Å². The molecule has 4 rings (SSSR count). The highest BCUT2D eigenvalue weighted by Gasteiger charge is 2.55. The highest BCUT2D eigenvalue weighted by Crippen LogP contribution is 2.42. The molecule has 2 amide bonds. The minimum absolute atomic E-state index is 0. The summed E-state index contributed by atoms with van der Waals surface area (Å²) < 4.78 is 15.8.